The molecule has 2 fully saturated rings. The molecule has 1 unspecified atom stereocenters. The highest BCUT2D eigenvalue weighted by Crippen LogP contribution is 2.53. The van der Waals surface area contributed by atoms with Gasteiger partial charge in [0, 0.05) is 39.8 Å². The van der Waals surface area contributed by atoms with Crippen LogP contribution in [0, 0.1) is 11.8 Å². The van der Waals surface area contributed by atoms with E-state index in [0.717, 1.165) is 12.0 Å². The number of unbranched alkanes of at least 4 members (excludes halogenated alkanes) is 2. The molecule has 5 rings (SSSR count). The Kier molecular flexibility index (Phi) is 6.51. The van der Waals surface area contributed by atoms with E-state index in [1.165, 1.54) is 0 Å². The summed E-state index contributed by atoms with van der Waals surface area (Å²) >= 11 is 0. The third-order valence-electron chi connectivity index (χ3n) is 7.72. The Bertz CT molecular complexity index is 1040. The Balaban J connectivity index is 1.52. The van der Waals surface area contributed by atoms with Gasteiger partial charge in [-0.1, -0.05) is 54.6 Å². The van der Waals surface area contributed by atoms with Gasteiger partial charge >= 0.3 is 0 Å². The van der Waals surface area contributed by atoms with Gasteiger partial charge in [-0.05, 0) is 24.8 Å². The average molecular weight is 480 g/mol. The van der Waals surface area contributed by atoms with E-state index in [1.807, 2.05) is 54.6 Å². The zero-order valence-corrected chi connectivity index (χ0v) is 20.1. The number of benzene rings is 1. The minimum absolute atomic E-state index is 0.0937. The van der Waals surface area contributed by atoms with Crippen LogP contribution in [0.2, 0.25) is 0 Å². The standard InChI is InChI=1S/C27H33N3O5/c1-28-14-8-12-20-21(24(28)32)22-25(33)30(16-6-3-7-17-31)23-26(34)29(15-9-13-27(22,23)35-20)18-19-10-4-2-5-11-19/h2,4-5,8-13,20-23,31H,3,6-7,14-18H2,1H3/t20-,21+,22-,23?,27-/m0/s1. The van der Waals surface area contributed by atoms with E-state index in [4.69, 9.17) is 4.74 Å². The first kappa shape index (κ1) is 23.8. The first-order valence-corrected chi connectivity index (χ1v) is 12.5. The van der Waals surface area contributed by atoms with Crippen LogP contribution in [-0.4, -0.2) is 88.6 Å². The number of aliphatic hydroxyl groups excluding tert-OH is 1. The molecule has 0 radical (unpaired) electrons. The summed E-state index contributed by atoms with van der Waals surface area (Å²) in [6.07, 6.45) is 9.09. The van der Waals surface area contributed by atoms with Crippen LogP contribution >= 0.6 is 0 Å². The number of nitrogens with zero attached hydrogens (tertiary/aromatic N) is 3. The smallest absolute Gasteiger partial charge is 0.249 e. The van der Waals surface area contributed by atoms with Crippen molar-refractivity contribution < 1.29 is 24.2 Å². The molecular formula is C27H33N3O5. The predicted molar refractivity (Wildman–Crippen MR) is 129 cm³/mol. The lowest BCUT2D eigenvalue weighted by Gasteiger charge is -2.35. The number of aliphatic hydroxyl groups is 1. The maximum Gasteiger partial charge on any atom is 0.249 e. The summed E-state index contributed by atoms with van der Waals surface area (Å²) < 4.78 is 6.59. The van der Waals surface area contributed by atoms with Crippen LogP contribution in [0.15, 0.2) is 54.6 Å². The van der Waals surface area contributed by atoms with Gasteiger partial charge in [0.2, 0.25) is 17.7 Å². The van der Waals surface area contributed by atoms with Crippen molar-refractivity contribution in [2.75, 3.05) is 33.3 Å². The number of carbonyl (C=O) groups excluding carboxylic acids is 3. The molecule has 8 nitrogen and oxygen atoms in total. The highest BCUT2D eigenvalue weighted by atomic mass is 16.5. The molecule has 0 aromatic heterocycles. The third kappa shape index (κ3) is 3.98. The van der Waals surface area contributed by atoms with Gasteiger partial charge in [-0.2, -0.15) is 0 Å². The van der Waals surface area contributed by atoms with E-state index in [2.05, 4.69) is 0 Å². The number of amides is 3. The van der Waals surface area contributed by atoms with Crippen molar-refractivity contribution in [3.63, 3.8) is 0 Å². The molecule has 186 valence electrons. The molecular weight excluding hydrogens is 446 g/mol. The van der Waals surface area contributed by atoms with Crippen molar-refractivity contribution in [3.8, 4) is 0 Å². The normalized spacial score (nSPS) is 31.9. The lowest BCUT2D eigenvalue weighted by molar-refractivity contribution is -0.148. The second kappa shape index (κ2) is 9.59. The van der Waals surface area contributed by atoms with Crippen molar-refractivity contribution in [2.24, 2.45) is 11.8 Å². The first-order chi connectivity index (χ1) is 17.0. The molecule has 0 saturated carbocycles. The van der Waals surface area contributed by atoms with Crippen molar-refractivity contribution in [3.05, 3.63) is 60.2 Å². The monoisotopic (exact) mass is 479 g/mol. The van der Waals surface area contributed by atoms with Gasteiger partial charge in [-0.3, -0.25) is 14.4 Å². The van der Waals surface area contributed by atoms with Crippen LogP contribution in [0.25, 0.3) is 0 Å². The minimum atomic E-state index is -1.18. The molecule has 0 aliphatic carbocycles. The number of hydrogen-bond acceptors (Lipinski definition) is 5. The zero-order valence-electron chi connectivity index (χ0n) is 20.1. The highest BCUT2D eigenvalue weighted by molar-refractivity contribution is 5.99. The van der Waals surface area contributed by atoms with Crippen LogP contribution in [-0.2, 0) is 25.7 Å². The molecule has 1 spiro atoms. The molecule has 4 aliphatic heterocycles. The molecule has 1 N–H and O–H groups in total. The van der Waals surface area contributed by atoms with E-state index < -0.39 is 29.6 Å². The lowest BCUT2D eigenvalue weighted by Crippen LogP contribution is -2.55. The van der Waals surface area contributed by atoms with Gasteiger partial charge in [0.05, 0.1) is 17.9 Å². The number of likely N-dealkylation sites (tertiary alicyclic amines) is 1. The maximum atomic E-state index is 14.1. The summed E-state index contributed by atoms with van der Waals surface area (Å²) in [5.74, 6) is -1.87. The summed E-state index contributed by atoms with van der Waals surface area (Å²) in [4.78, 5) is 46.4. The second-order valence-corrected chi connectivity index (χ2v) is 9.91. The summed E-state index contributed by atoms with van der Waals surface area (Å²) in [6, 6.07) is 8.97. The molecule has 8 heteroatoms. The maximum absolute atomic E-state index is 14.1. The number of hydrogen-bond donors (Lipinski definition) is 1. The molecule has 2 saturated heterocycles. The molecule has 4 heterocycles. The van der Waals surface area contributed by atoms with Crippen LogP contribution in [0.5, 0.6) is 0 Å². The fraction of sp³-hybridized carbons (Fsp3) is 0.519. The van der Waals surface area contributed by atoms with Crippen LogP contribution in [0.4, 0.5) is 0 Å². The van der Waals surface area contributed by atoms with E-state index >= 15 is 0 Å². The van der Waals surface area contributed by atoms with Crippen molar-refractivity contribution in [1.29, 1.82) is 0 Å². The summed E-state index contributed by atoms with van der Waals surface area (Å²) in [7, 11) is 1.74. The average Bonchev–Trinajstić information content (AvgIpc) is 3.18. The molecule has 0 bridgehead atoms. The van der Waals surface area contributed by atoms with Crippen molar-refractivity contribution in [1.82, 2.24) is 14.7 Å². The van der Waals surface area contributed by atoms with E-state index in [0.29, 0.717) is 39.0 Å². The number of ether oxygens (including phenoxy) is 1. The molecule has 5 atom stereocenters. The number of likely N-dealkylation sites (N-methyl/N-ethyl adjacent to an activating group) is 1. The van der Waals surface area contributed by atoms with Gasteiger partial charge in [0.25, 0.3) is 0 Å². The number of fused-ring (bicyclic) bond motifs is 2. The van der Waals surface area contributed by atoms with Gasteiger partial charge in [0.1, 0.15) is 11.6 Å². The summed E-state index contributed by atoms with van der Waals surface area (Å²) in [6.45, 7) is 1.80. The molecule has 3 amide bonds. The molecule has 4 aliphatic rings. The first-order valence-electron chi connectivity index (χ1n) is 12.5. The van der Waals surface area contributed by atoms with Crippen LogP contribution in [0.1, 0.15) is 24.8 Å². The highest BCUT2D eigenvalue weighted by Gasteiger charge is 2.71. The fourth-order valence-corrected chi connectivity index (χ4v) is 6.07. The SMILES string of the molecule is CN1CC=C[C@@H]2O[C@]34C=CCN(Cc5ccccc5)C(=O)C3N(CCCCCO)C(=O)[C@@H]4[C@@H]2C1=O. The molecule has 1 aromatic carbocycles. The third-order valence-corrected chi connectivity index (χ3v) is 7.72. The quantitative estimate of drug-likeness (QED) is 0.471. The van der Waals surface area contributed by atoms with Crippen LogP contribution in [0.3, 0.4) is 0 Å². The van der Waals surface area contributed by atoms with Gasteiger partial charge in [-0.25, -0.2) is 0 Å². The van der Waals surface area contributed by atoms with E-state index in [-0.39, 0.29) is 24.3 Å². The van der Waals surface area contributed by atoms with Gasteiger partial charge in [0.15, 0.2) is 0 Å². The van der Waals surface area contributed by atoms with Crippen molar-refractivity contribution >= 4 is 17.7 Å². The fourth-order valence-electron chi connectivity index (χ4n) is 6.07. The Morgan fingerprint density at radius 1 is 1.00 bits per heavy atom. The number of carbonyl (C=O) groups is 3. The largest absolute Gasteiger partial charge is 0.396 e. The summed E-state index contributed by atoms with van der Waals surface area (Å²) in [5.41, 5.74) is -0.165. The molecule has 35 heavy (non-hydrogen) atoms. The van der Waals surface area contributed by atoms with E-state index in [9.17, 15) is 19.5 Å². The van der Waals surface area contributed by atoms with Crippen molar-refractivity contribution in [2.45, 2.75) is 43.6 Å². The topological polar surface area (TPSA) is 90.4 Å². The zero-order chi connectivity index (χ0) is 24.6. The van der Waals surface area contributed by atoms with E-state index in [1.54, 1.807) is 21.7 Å². The van der Waals surface area contributed by atoms with Crippen LogP contribution < -0.4 is 0 Å². The lowest BCUT2D eigenvalue weighted by atomic mass is 9.77. The Labute approximate surface area is 205 Å². The Morgan fingerprint density at radius 3 is 2.57 bits per heavy atom. The molecule has 1 aromatic rings. The van der Waals surface area contributed by atoms with Gasteiger partial charge < -0.3 is 24.5 Å². The summed E-state index contributed by atoms with van der Waals surface area (Å²) in [5, 5.41) is 9.17. The van der Waals surface area contributed by atoms with Gasteiger partial charge in [-0.15, -0.1) is 0 Å². The number of rotatable bonds is 7. The minimum Gasteiger partial charge on any atom is -0.396 e. The Morgan fingerprint density at radius 2 is 1.80 bits per heavy atom. The predicted octanol–water partition coefficient (Wildman–Crippen LogP) is 1.36. The Hall–Kier alpha value is -2.97. The second-order valence-electron chi connectivity index (χ2n) is 9.91.